The molecule has 1 saturated carbocycles. The predicted molar refractivity (Wildman–Crippen MR) is 134 cm³/mol. The lowest BCUT2D eigenvalue weighted by Gasteiger charge is -2.31. The van der Waals surface area contributed by atoms with Crippen LogP contribution < -0.4 is 5.32 Å². The van der Waals surface area contributed by atoms with Gasteiger partial charge in [0.25, 0.3) is 0 Å². The van der Waals surface area contributed by atoms with Crippen molar-refractivity contribution in [2.45, 2.75) is 100 Å². The molecule has 6 nitrogen and oxygen atoms in total. The van der Waals surface area contributed by atoms with Gasteiger partial charge in [-0.25, -0.2) is 8.42 Å². The second-order valence-electron chi connectivity index (χ2n) is 11.0. The minimum absolute atomic E-state index is 0.0816. The summed E-state index contributed by atoms with van der Waals surface area (Å²) in [5.41, 5.74) is 2.49. The van der Waals surface area contributed by atoms with E-state index in [4.69, 9.17) is 0 Å². The first kappa shape index (κ1) is 24.3. The van der Waals surface area contributed by atoms with Crippen LogP contribution in [0.25, 0.3) is 0 Å². The number of piperidine rings is 1. The van der Waals surface area contributed by atoms with Crippen LogP contribution >= 0.6 is 0 Å². The average molecular weight is 488 g/mol. The molecule has 2 saturated heterocycles. The monoisotopic (exact) mass is 487 g/mol. The van der Waals surface area contributed by atoms with Crippen LogP contribution in [0.15, 0.2) is 23.1 Å². The lowest BCUT2D eigenvalue weighted by Crippen LogP contribution is -2.46. The molecular weight excluding hydrogens is 446 g/mol. The van der Waals surface area contributed by atoms with E-state index in [1.807, 2.05) is 12.1 Å². The molecule has 1 atom stereocenters. The largest absolute Gasteiger partial charge is 0.352 e. The number of carbonyl (C=O) groups excluding carboxylic acids is 1. The molecule has 0 spiro atoms. The Morgan fingerprint density at radius 2 is 1.53 bits per heavy atom. The number of benzene rings is 1. The zero-order chi connectivity index (χ0) is 23.5. The van der Waals surface area contributed by atoms with Gasteiger partial charge in [0.05, 0.1) is 4.90 Å². The van der Waals surface area contributed by atoms with Crippen molar-refractivity contribution >= 4 is 15.9 Å². The standard InChI is InChI=1S/C27H41N3O3S/c31-27(28-24-15-16-29(20-24)25-9-3-1-2-4-10-25)22-13-17-30(18-14-22)34(32,33)26-12-11-21-7-5-6-8-23(21)19-26/h11-12,19,22,24-25H,1-10,13-18,20H2,(H,28,31). The van der Waals surface area contributed by atoms with Gasteiger partial charge in [0.15, 0.2) is 0 Å². The molecule has 2 heterocycles. The summed E-state index contributed by atoms with van der Waals surface area (Å²) in [6.07, 6.45) is 14.6. The van der Waals surface area contributed by atoms with E-state index in [1.54, 1.807) is 10.4 Å². The van der Waals surface area contributed by atoms with E-state index < -0.39 is 10.0 Å². The van der Waals surface area contributed by atoms with E-state index in [9.17, 15) is 13.2 Å². The molecular formula is C27H41N3O3S. The van der Waals surface area contributed by atoms with Gasteiger partial charge in [-0.1, -0.05) is 31.7 Å². The number of amides is 1. The van der Waals surface area contributed by atoms with Crippen molar-refractivity contribution in [3.8, 4) is 0 Å². The number of sulfonamides is 1. The summed E-state index contributed by atoms with van der Waals surface area (Å²) in [4.78, 5) is 16.0. The molecule has 1 aromatic carbocycles. The van der Waals surface area contributed by atoms with Crippen molar-refractivity contribution in [2.24, 2.45) is 5.92 Å². The van der Waals surface area contributed by atoms with Crippen LogP contribution in [0.5, 0.6) is 0 Å². The van der Waals surface area contributed by atoms with Crippen molar-refractivity contribution in [3.05, 3.63) is 29.3 Å². The predicted octanol–water partition coefficient (Wildman–Crippen LogP) is 3.88. The highest BCUT2D eigenvalue weighted by Crippen LogP contribution is 2.29. The third kappa shape index (κ3) is 5.36. The number of aryl methyl sites for hydroxylation is 2. The van der Waals surface area contributed by atoms with Gasteiger partial charge in [0.1, 0.15) is 0 Å². The number of carbonyl (C=O) groups is 1. The van der Waals surface area contributed by atoms with E-state index in [-0.39, 0.29) is 17.9 Å². The van der Waals surface area contributed by atoms with Gasteiger partial charge in [-0.3, -0.25) is 9.69 Å². The number of fused-ring (bicyclic) bond motifs is 1. The minimum Gasteiger partial charge on any atom is -0.352 e. The van der Waals surface area contributed by atoms with Gasteiger partial charge in [-0.15, -0.1) is 0 Å². The quantitative estimate of drug-likeness (QED) is 0.640. The number of nitrogens with zero attached hydrogens (tertiary/aromatic N) is 2. The molecule has 5 rings (SSSR count). The maximum atomic E-state index is 13.3. The molecule has 3 fully saturated rings. The summed E-state index contributed by atoms with van der Waals surface area (Å²) in [5.74, 6) is 0.0421. The molecule has 2 aliphatic carbocycles. The van der Waals surface area contributed by atoms with Crippen molar-refractivity contribution in [1.82, 2.24) is 14.5 Å². The zero-order valence-electron chi connectivity index (χ0n) is 20.5. The SMILES string of the molecule is O=C(NC1CCN(C2CCCCCC2)C1)C1CCN(S(=O)(=O)c2ccc3c(c2)CCCC3)CC1. The summed E-state index contributed by atoms with van der Waals surface area (Å²) in [7, 11) is -3.49. The number of hydrogen-bond acceptors (Lipinski definition) is 4. The van der Waals surface area contributed by atoms with Crippen LogP contribution in [-0.4, -0.2) is 61.8 Å². The Kier molecular flexibility index (Phi) is 7.61. The Morgan fingerprint density at radius 3 is 2.26 bits per heavy atom. The highest BCUT2D eigenvalue weighted by atomic mass is 32.2. The van der Waals surface area contributed by atoms with Gasteiger partial charge in [0.2, 0.25) is 15.9 Å². The van der Waals surface area contributed by atoms with E-state index in [1.165, 1.54) is 56.1 Å². The molecule has 1 unspecified atom stereocenters. The van der Waals surface area contributed by atoms with Gasteiger partial charge in [0, 0.05) is 44.2 Å². The van der Waals surface area contributed by atoms with Gasteiger partial charge >= 0.3 is 0 Å². The number of hydrogen-bond donors (Lipinski definition) is 1. The number of likely N-dealkylation sites (tertiary alicyclic amines) is 1. The van der Waals surface area contributed by atoms with E-state index >= 15 is 0 Å². The number of rotatable bonds is 5. The van der Waals surface area contributed by atoms with Crippen molar-refractivity contribution in [1.29, 1.82) is 0 Å². The first-order valence-electron chi connectivity index (χ1n) is 13.7. The molecule has 4 aliphatic rings. The van der Waals surface area contributed by atoms with E-state index in [0.29, 0.717) is 36.9 Å². The first-order valence-corrected chi connectivity index (χ1v) is 15.1. The summed E-state index contributed by atoms with van der Waals surface area (Å²) in [6.45, 7) is 2.92. The van der Waals surface area contributed by atoms with Gasteiger partial charge in [-0.2, -0.15) is 4.31 Å². The third-order valence-electron chi connectivity index (χ3n) is 8.69. The number of nitrogens with one attached hydrogen (secondary N) is 1. The van der Waals surface area contributed by atoms with Gasteiger partial charge in [-0.05, 0) is 81.0 Å². The van der Waals surface area contributed by atoms with E-state index in [0.717, 1.165) is 38.8 Å². The third-order valence-corrected chi connectivity index (χ3v) is 10.6. The molecule has 0 aromatic heterocycles. The Labute approximate surface area is 205 Å². The minimum atomic E-state index is -3.49. The van der Waals surface area contributed by atoms with Gasteiger partial charge < -0.3 is 5.32 Å². The van der Waals surface area contributed by atoms with Crippen LogP contribution in [-0.2, 0) is 27.7 Å². The molecule has 0 radical (unpaired) electrons. The van der Waals surface area contributed by atoms with Crippen molar-refractivity contribution in [2.75, 3.05) is 26.2 Å². The first-order chi connectivity index (χ1) is 16.5. The maximum absolute atomic E-state index is 13.3. The van der Waals surface area contributed by atoms with Crippen LogP contribution in [0.1, 0.15) is 81.8 Å². The molecule has 2 aliphatic heterocycles. The molecule has 7 heteroatoms. The van der Waals surface area contributed by atoms with Crippen LogP contribution in [0, 0.1) is 5.92 Å². The molecule has 188 valence electrons. The van der Waals surface area contributed by atoms with Crippen molar-refractivity contribution < 1.29 is 13.2 Å². The average Bonchev–Trinajstić information content (AvgIpc) is 3.15. The van der Waals surface area contributed by atoms with Crippen molar-refractivity contribution in [3.63, 3.8) is 0 Å². The summed E-state index contributed by atoms with van der Waals surface area (Å²) >= 11 is 0. The Hall–Kier alpha value is -1.44. The Bertz CT molecular complexity index is 963. The fourth-order valence-electron chi connectivity index (χ4n) is 6.56. The molecule has 34 heavy (non-hydrogen) atoms. The van der Waals surface area contributed by atoms with Crippen LogP contribution in [0.4, 0.5) is 0 Å². The fourth-order valence-corrected chi connectivity index (χ4v) is 8.08. The lowest BCUT2D eigenvalue weighted by atomic mass is 9.92. The highest BCUT2D eigenvalue weighted by Gasteiger charge is 2.35. The molecule has 1 N–H and O–H groups in total. The van der Waals surface area contributed by atoms with Crippen LogP contribution in [0.3, 0.4) is 0 Å². The Balaban J connectivity index is 1.12. The van der Waals surface area contributed by atoms with Crippen LogP contribution in [0.2, 0.25) is 0 Å². The topological polar surface area (TPSA) is 69.7 Å². The maximum Gasteiger partial charge on any atom is 0.243 e. The fraction of sp³-hybridized carbons (Fsp3) is 0.741. The lowest BCUT2D eigenvalue weighted by molar-refractivity contribution is -0.126. The molecule has 1 aromatic rings. The molecule has 1 amide bonds. The normalized spacial score (nSPS) is 26.2. The summed E-state index contributed by atoms with van der Waals surface area (Å²) in [5, 5.41) is 3.30. The second kappa shape index (κ2) is 10.7. The second-order valence-corrected chi connectivity index (χ2v) is 12.9. The Morgan fingerprint density at radius 1 is 0.824 bits per heavy atom. The van der Waals surface area contributed by atoms with E-state index in [2.05, 4.69) is 10.2 Å². The summed E-state index contributed by atoms with van der Waals surface area (Å²) < 4.78 is 28.1. The highest BCUT2D eigenvalue weighted by molar-refractivity contribution is 7.89. The smallest absolute Gasteiger partial charge is 0.243 e. The zero-order valence-corrected chi connectivity index (χ0v) is 21.3. The molecule has 0 bridgehead atoms. The summed E-state index contributed by atoms with van der Waals surface area (Å²) in [6, 6.07) is 6.61.